The highest BCUT2D eigenvalue weighted by atomic mass is 79.9. The van der Waals surface area contributed by atoms with Crippen LogP contribution in [0.5, 0.6) is 0 Å². The van der Waals surface area contributed by atoms with Crippen LogP contribution in [0.15, 0.2) is 19.6 Å². The third kappa shape index (κ3) is 3.94. The minimum absolute atomic E-state index is 0.102. The van der Waals surface area contributed by atoms with E-state index in [4.69, 9.17) is 15.3 Å². The highest BCUT2D eigenvalue weighted by Crippen LogP contribution is 2.26. The molecule has 0 radical (unpaired) electrons. The number of aliphatic hydroxyl groups is 1. The minimum Gasteiger partial charge on any atom is -0.452 e. The predicted molar refractivity (Wildman–Crippen MR) is 61.0 cm³/mol. The summed E-state index contributed by atoms with van der Waals surface area (Å²) in [5.74, 6) is -0.0604. The van der Waals surface area contributed by atoms with E-state index in [1.165, 1.54) is 0 Å². The van der Waals surface area contributed by atoms with E-state index in [9.17, 15) is 4.79 Å². The molecule has 0 bridgehead atoms. The van der Waals surface area contributed by atoms with Crippen LogP contribution in [-0.2, 0) is 11.3 Å². The van der Waals surface area contributed by atoms with E-state index in [0.717, 1.165) is 4.47 Å². The van der Waals surface area contributed by atoms with Gasteiger partial charge in [-0.3, -0.25) is 4.79 Å². The Morgan fingerprint density at radius 3 is 2.80 bits per heavy atom. The van der Waals surface area contributed by atoms with Gasteiger partial charge in [0.05, 0.1) is 11.0 Å². The molecule has 1 rings (SSSR count). The predicted octanol–water partition coefficient (Wildman–Crippen LogP) is 0.740. The van der Waals surface area contributed by atoms with Gasteiger partial charge in [-0.15, -0.1) is 0 Å². The number of hydrogen-bond donors (Lipinski definition) is 3. The molecule has 1 unspecified atom stereocenters. The average Bonchev–Trinajstić information content (AvgIpc) is 2.46. The van der Waals surface area contributed by atoms with Crippen LogP contribution >= 0.6 is 31.9 Å². The number of hydrogen-bond acceptors (Lipinski definition) is 4. The summed E-state index contributed by atoms with van der Waals surface area (Å²) in [6.07, 6.45) is -1.17. The van der Waals surface area contributed by atoms with Gasteiger partial charge in [0, 0.05) is 6.54 Å². The lowest BCUT2D eigenvalue weighted by atomic mass is 10.3. The monoisotopic (exact) mass is 340 g/mol. The Kier molecular flexibility index (Phi) is 4.78. The molecule has 0 aromatic carbocycles. The first-order valence-electron chi connectivity index (χ1n) is 4.12. The second-order valence-corrected chi connectivity index (χ2v) is 4.46. The molecule has 1 amide bonds. The fourth-order valence-corrected chi connectivity index (χ4v) is 1.57. The number of halogens is 2. The lowest BCUT2D eigenvalue weighted by Crippen LogP contribution is -2.37. The van der Waals surface area contributed by atoms with Crippen molar-refractivity contribution in [1.29, 1.82) is 0 Å². The van der Waals surface area contributed by atoms with Crippen LogP contribution in [0.4, 0.5) is 0 Å². The fourth-order valence-electron chi connectivity index (χ4n) is 0.911. The Labute approximate surface area is 103 Å². The highest BCUT2D eigenvalue weighted by Gasteiger charge is 2.11. The Balaban J connectivity index is 2.35. The van der Waals surface area contributed by atoms with Gasteiger partial charge in [-0.25, -0.2) is 0 Å². The number of nitrogens with one attached hydrogen (secondary N) is 1. The Morgan fingerprint density at radius 1 is 1.67 bits per heavy atom. The molecule has 1 atom stereocenters. The number of nitrogens with two attached hydrogens (primary N) is 1. The molecular formula is C8H10Br2N2O3. The summed E-state index contributed by atoms with van der Waals surface area (Å²) in [6.45, 7) is 0.514. The van der Waals surface area contributed by atoms with Crippen molar-refractivity contribution in [2.75, 3.05) is 6.54 Å². The van der Waals surface area contributed by atoms with Crippen LogP contribution in [0.25, 0.3) is 0 Å². The summed E-state index contributed by atoms with van der Waals surface area (Å²) in [5, 5.41) is 11.9. The zero-order valence-electron chi connectivity index (χ0n) is 7.67. The van der Waals surface area contributed by atoms with Crippen molar-refractivity contribution >= 4 is 37.8 Å². The molecule has 0 spiro atoms. The minimum atomic E-state index is -1.17. The first-order valence-corrected chi connectivity index (χ1v) is 5.71. The zero-order chi connectivity index (χ0) is 11.4. The highest BCUT2D eigenvalue weighted by molar-refractivity contribution is 9.13. The van der Waals surface area contributed by atoms with Gasteiger partial charge >= 0.3 is 0 Å². The van der Waals surface area contributed by atoms with Crippen molar-refractivity contribution in [1.82, 2.24) is 5.32 Å². The number of aliphatic hydroxyl groups excluding tert-OH is 1. The van der Waals surface area contributed by atoms with Gasteiger partial charge in [-0.05, 0) is 37.9 Å². The molecule has 0 aliphatic carbocycles. The maximum absolute atomic E-state index is 10.5. The maximum atomic E-state index is 10.5. The molecule has 84 valence electrons. The summed E-state index contributed by atoms with van der Waals surface area (Å²) < 4.78 is 6.69. The Bertz CT molecular complexity index is 334. The molecule has 1 aromatic rings. The quantitative estimate of drug-likeness (QED) is 0.737. The largest absolute Gasteiger partial charge is 0.452 e. The molecule has 1 aromatic heterocycles. The zero-order valence-corrected chi connectivity index (χ0v) is 10.8. The molecule has 0 saturated heterocycles. The second-order valence-electron chi connectivity index (χ2n) is 2.88. The van der Waals surface area contributed by atoms with Crippen molar-refractivity contribution in [3.63, 3.8) is 0 Å². The lowest BCUT2D eigenvalue weighted by molar-refractivity contribution is -0.125. The maximum Gasteiger partial charge on any atom is 0.247 e. The molecule has 0 fully saturated rings. The fraction of sp³-hybridized carbons (Fsp3) is 0.375. The second kappa shape index (κ2) is 5.64. The van der Waals surface area contributed by atoms with E-state index >= 15 is 0 Å². The SMILES string of the molecule is NC(=O)C(O)CNCc1cc(Br)c(Br)o1. The summed E-state index contributed by atoms with van der Waals surface area (Å²) in [6, 6.07) is 1.79. The van der Waals surface area contributed by atoms with E-state index in [1.54, 1.807) is 6.07 Å². The van der Waals surface area contributed by atoms with Crippen molar-refractivity contribution in [2.45, 2.75) is 12.6 Å². The molecule has 7 heteroatoms. The van der Waals surface area contributed by atoms with Gasteiger partial charge in [0.1, 0.15) is 11.9 Å². The van der Waals surface area contributed by atoms with E-state index in [0.29, 0.717) is 17.0 Å². The number of amides is 1. The van der Waals surface area contributed by atoms with Crippen LogP contribution in [0.2, 0.25) is 0 Å². The van der Waals surface area contributed by atoms with Crippen LogP contribution in [0, 0.1) is 0 Å². The number of carbonyl (C=O) groups excluding carboxylic acids is 1. The molecule has 15 heavy (non-hydrogen) atoms. The lowest BCUT2D eigenvalue weighted by Gasteiger charge is -2.06. The average molecular weight is 342 g/mol. The third-order valence-electron chi connectivity index (χ3n) is 1.66. The smallest absolute Gasteiger partial charge is 0.247 e. The van der Waals surface area contributed by atoms with Crippen LogP contribution in [-0.4, -0.2) is 23.7 Å². The van der Waals surface area contributed by atoms with Gasteiger partial charge in [-0.1, -0.05) is 0 Å². The number of carbonyl (C=O) groups is 1. The van der Waals surface area contributed by atoms with E-state index in [-0.39, 0.29) is 6.54 Å². The molecule has 0 saturated carbocycles. The third-order valence-corrected chi connectivity index (χ3v) is 3.37. The topological polar surface area (TPSA) is 88.5 Å². The number of primary amides is 1. The van der Waals surface area contributed by atoms with Gasteiger partial charge in [0.2, 0.25) is 5.91 Å². The van der Waals surface area contributed by atoms with Gasteiger partial charge in [0.15, 0.2) is 4.67 Å². The van der Waals surface area contributed by atoms with Gasteiger partial charge in [-0.2, -0.15) is 0 Å². The van der Waals surface area contributed by atoms with Crippen molar-refractivity contribution in [3.8, 4) is 0 Å². The van der Waals surface area contributed by atoms with Gasteiger partial charge in [0.25, 0.3) is 0 Å². The van der Waals surface area contributed by atoms with Crippen molar-refractivity contribution < 1.29 is 14.3 Å². The van der Waals surface area contributed by atoms with Crippen molar-refractivity contribution in [2.24, 2.45) is 5.73 Å². The van der Waals surface area contributed by atoms with Crippen LogP contribution in [0.1, 0.15) is 5.76 Å². The normalized spacial score (nSPS) is 12.7. The molecule has 5 nitrogen and oxygen atoms in total. The Morgan fingerprint density at radius 2 is 2.33 bits per heavy atom. The van der Waals surface area contributed by atoms with Crippen LogP contribution in [0.3, 0.4) is 0 Å². The molecule has 1 heterocycles. The summed E-state index contributed by atoms with van der Waals surface area (Å²) in [7, 11) is 0. The van der Waals surface area contributed by atoms with Gasteiger partial charge < -0.3 is 20.6 Å². The van der Waals surface area contributed by atoms with E-state index < -0.39 is 12.0 Å². The molecule has 0 aliphatic heterocycles. The first kappa shape index (κ1) is 12.7. The molecule has 4 N–H and O–H groups in total. The van der Waals surface area contributed by atoms with Crippen LogP contribution < -0.4 is 11.1 Å². The van der Waals surface area contributed by atoms with E-state index in [1.807, 2.05) is 0 Å². The first-order chi connectivity index (χ1) is 7.00. The summed E-state index contributed by atoms with van der Waals surface area (Å²) in [4.78, 5) is 10.5. The standard InChI is InChI=1S/C8H10Br2N2O3/c9-5-1-4(15-7(5)10)2-12-3-6(13)8(11)14/h1,6,12-13H,2-3H2,(H2,11,14). The number of furan rings is 1. The summed E-state index contributed by atoms with van der Waals surface area (Å²) in [5.41, 5.74) is 4.88. The number of rotatable bonds is 5. The Hall–Kier alpha value is -0.370. The van der Waals surface area contributed by atoms with E-state index in [2.05, 4.69) is 37.2 Å². The summed E-state index contributed by atoms with van der Waals surface area (Å²) >= 11 is 6.46. The molecular weight excluding hydrogens is 332 g/mol. The molecule has 0 aliphatic rings. The van der Waals surface area contributed by atoms with Crippen molar-refractivity contribution in [3.05, 3.63) is 21.0 Å².